The lowest BCUT2D eigenvalue weighted by atomic mass is 10.0. The number of carbonyl (C=O) groups is 1. The average Bonchev–Trinajstić information content (AvgIpc) is 2.89. The van der Waals surface area contributed by atoms with E-state index in [1.165, 1.54) is 0 Å². The molecule has 0 atom stereocenters. The van der Waals surface area contributed by atoms with E-state index in [2.05, 4.69) is 55.4 Å². The first-order chi connectivity index (χ1) is 17.7. The van der Waals surface area contributed by atoms with Crippen LogP contribution in [0.3, 0.4) is 0 Å². The Morgan fingerprint density at radius 2 is 1.65 bits per heavy atom. The highest BCUT2D eigenvalue weighted by molar-refractivity contribution is 5.85. The smallest absolute Gasteiger partial charge is 0.410 e. The zero-order valence-corrected chi connectivity index (χ0v) is 22.1. The lowest BCUT2D eigenvalue weighted by Crippen LogP contribution is -2.50. The van der Waals surface area contributed by atoms with E-state index in [1.54, 1.807) is 4.90 Å². The number of pyridine rings is 1. The highest BCUT2D eigenvalue weighted by atomic mass is 16.6. The van der Waals surface area contributed by atoms with E-state index in [1.807, 2.05) is 45.3 Å². The summed E-state index contributed by atoms with van der Waals surface area (Å²) in [7, 11) is 2.14. The van der Waals surface area contributed by atoms with Crippen molar-refractivity contribution < 1.29 is 9.53 Å². The van der Waals surface area contributed by atoms with Gasteiger partial charge in [0.25, 0.3) is 0 Å². The van der Waals surface area contributed by atoms with Gasteiger partial charge in [0, 0.05) is 70.1 Å². The summed E-state index contributed by atoms with van der Waals surface area (Å²) in [5, 5.41) is 3.16. The molecule has 1 N–H and O–H groups in total. The minimum Gasteiger partial charge on any atom is -0.444 e. The van der Waals surface area contributed by atoms with Crippen LogP contribution < -0.4 is 10.3 Å². The minimum atomic E-state index is -0.488. The Balaban J connectivity index is 1.25. The molecule has 5 rings (SSSR count). The molecule has 10 nitrogen and oxygen atoms in total. The SMILES string of the molecule is CN1CCN(Nc2ncc3cc(-c4ccnc(N5CCN(C(=O)OC(C)(C)C)CC5)c4)ccc3n2)CC1. The van der Waals surface area contributed by atoms with Gasteiger partial charge in [-0.1, -0.05) is 6.07 Å². The summed E-state index contributed by atoms with van der Waals surface area (Å²) in [5.74, 6) is 1.53. The fourth-order valence-electron chi connectivity index (χ4n) is 4.54. The van der Waals surface area contributed by atoms with Crippen LogP contribution in [-0.2, 0) is 4.74 Å². The van der Waals surface area contributed by atoms with E-state index >= 15 is 0 Å². The number of benzene rings is 1. The number of ether oxygens (including phenoxy) is 1. The molecule has 10 heteroatoms. The number of nitrogens with zero attached hydrogens (tertiary/aromatic N) is 7. The quantitative estimate of drug-likeness (QED) is 0.575. The Bertz CT molecular complexity index is 1240. The minimum absolute atomic E-state index is 0.255. The molecule has 196 valence electrons. The van der Waals surface area contributed by atoms with Crippen molar-refractivity contribution >= 4 is 28.8 Å². The molecule has 2 aliphatic rings. The fourth-order valence-corrected chi connectivity index (χ4v) is 4.54. The summed E-state index contributed by atoms with van der Waals surface area (Å²) in [6, 6.07) is 10.4. The number of amides is 1. The summed E-state index contributed by atoms with van der Waals surface area (Å²) < 4.78 is 5.51. The fraction of sp³-hybridized carbons (Fsp3) is 0.481. The van der Waals surface area contributed by atoms with E-state index < -0.39 is 5.60 Å². The number of likely N-dealkylation sites (N-methyl/N-ethyl adjacent to an activating group) is 1. The van der Waals surface area contributed by atoms with Gasteiger partial charge in [-0.25, -0.2) is 24.8 Å². The normalized spacial score (nSPS) is 17.7. The van der Waals surface area contributed by atoms with E-state index in [0.29, 0.717) is 32.1 Å². The summed E-state index contributed by atoms with van der Waals surface area (Å²) in [4.78, 5) is 32.5. The molecular formula is C27H36N8O2. The summed E-state index contributed by atoms with van der Waals surface area (Å²) in [6.45, 7) is 12.2. The standard InChI is InChI=1S/C27H36N8O2/c1-27(2,3)37-26(36)34-13-11-33(12-14-34)24-18-21(7-8-28-24)20-5-6-23-22(17-20)19-29-25(30-23)31-35-15-9-32(4)10-16-35/h5-8,17-19H,9-16H2,1-4H3,(H,29,30,31). The van der Waals surface area contributed by atoms with Gasteiger partial charge in [0.05, 0.1) is 5.52 Å². The number of hydrazine groups is 1. The van der Waals surface area contributed by atoms with Crippen LogP contribution >= 0.6 is 0 Å². The third kappa shape index (κ3) is 6.26. The van der Waals surface area contributed by atoms with Crippen molar-refractivity contribution in [2.45, 2.75) is 26.4 Å². The molecule has 0 spiro atoms. The Kier molecular flexibility index (Phi) is 7.12. The number of piperazine rings is 2. The van der Waals surface area contributed by atoms with Crippen LogP contribution in [0.2, 0.25) is 0 Å². The van der Waals surface area contributed by atoms with Crippen LogP contribution in [0.5, 0.6) is 0 Å². The molecule has 1 amide bonds. The summed E-state index contributed by atoms with van der Waals surface area (Å²) >= 11 is 0. The van der Waals surface area contributed by atoms with E-state index in [9.17, 15) is 4.79 Å². The number of rotatable bonds is 4. The largest absolute Gasteiger partial charge is 0.444 e. The molecule has 1 aromatic carbocycles. The number of hydrogen-bond donors (Lipinski definition) is 1. The molecule has 0 saturated carbocycles. The number of carbonyl (C=O) groups excluding carboxylic acids is 1. The first-order valence-electron chi connectivity index (χ1n) is 12.9. The van der Waals surface area contributed by atoms with Crippen LogP contribution in [0.15, 0.2) is 42.7 Å². The average molecular weight is 505 g/mol. The van der Waals surface area contributed by atoms with E-state index in [4.69, 9.17) is 9.72 Å². The molecule has 0 aliphatic carbocycles. The lowest BCUT2D eigenvalue weighted by molar-refractivity contribution is 0.0240. The highest BCUT2D eigenvalue weighted by Crippen LogP contribution is 2.27. The predicted molar refractivity (Wildman–Crippen MR) is 145 cm³/mol. The molecule has 0 bridgehead atoms. The molecule has 0 radical (unpaired) electrons. The van der Waals surface area contributed by atoms with Gasteiger partial charge < -0.3 is 19.4 Å². The second-order valence-electron chi connectivity index (χ2n) is 10.7. The molecule has 4 heterocycles. The van der Waals surface area contributed by atoms with Crippen LogP contribution in [0.1, 0.15) is 20.8 Å². The van der Waals surface area contributed by atoms with Crippen molar-refractivity contribution in [2.24, 2.45) is 0 Å². The maximum absolute atomic E-state index is 12.4. The Labute approximate surface area is 218 Å². The Morgan fingerprint density at radius 3 is 2.38 bits per heavy atom. The van der Waals surface area contributed by atoms with E-state index in [0.717, 1.165) is 54.0 Å². The number of nitrogens with one attached hydrogen (secondary N) is 1. The second kappa shape index (κ2) is 10.5. The molecule has 2 aromatic heterocycles. The Hall–Kier alpha value is -3.50. The molecule has 0 unspecified atom stereocenters. The van der Waals surface area contributed by atoms with Crippen molar-refractivity contribution in [3.05, 3.63) is 42.7 Å². The van der Waals surface area contributed by atoms with Crippen molar-refractivity contribution in [2.75, 3.05) is 69.7 Å². The van der Waals surface area contributed by atoms with Gasteiger partial charge in [0.2, 0.25) is 5.95 Å². The van der Waals surface area contributed by atoms with Gasteiger partial charge in [-0.15, -0.1) is 0 Å². The number of hydrogen-bond acceptors (Lipinski definition) is 9. The maximum Gasteiger partial charge on any atom is 0.410 e. The van der Waals surface area contributed by atoms with Crippen molar-refractivity contribution in [3.63, 3.8) is 0 Å². The van der Waals surface area contributed by atoms with Crippen LogP contribution in [0.4, 0.5) is 16.6 Å². The number of aromatic nitrogens is 3. The molecular weight excluding hydrogens is 468 g/mol. The van der Waals surface area contributed by atoms with Gasteiger partial charge in [0.15, 0.2) is 0 Å². The number of anilines is 2. The predicted octanol–water partition coefficient (Wildman–Crippen LogP) is 3.32. The molecule has 3 aromatic rings. The zero-order chi connectivity index (χ0) is 26.0. The summed E-state index contributed by atoms with van der Waals surface area (Å²) in [5.41, 5.74) is 5.93. The van der Waals surface area contributed by atoms with Crippen LogP contribution in [-0.4, -0.2) is 101 Å². The van der Waals surface area contributed by atoms with Gasteiger partial charge >= 0.3 is 6.09 Å². The van der Waals surface area contributed by atoms with Crippen LogP contribution in [0, 0.1) is 0 Å². The molecule has 2 saturated heterocycles. The van der Waals surface area contributed by atoms with Gasteiger partial charge in [0.1, 0.15) is 11.4 Å². The first-order valence-corrected chi connectivity index (χ1v) is 12.9. The topological polar surface area (TPSA) is 90.0 Å². The third-order valence-corrected chi connectivity index (χ3v) is 6.68. The highest BCUT2D eigenvalue weighted by Gasteiger charge is 2.26. The van der Waals surface area contributed by atoms with Crippen molar-refractivity contribution in [3.8, 4) is 11.1 Å². The third-order valence-electron chi connectivity index (χ3n) is 6.68. The zero-order valence-electron chi connectivity index (χ0n) is 22.1. The van der Waals surface area contributed by atoms with Gasteiger partial charge in [-0.05, 0) is 63.2 Å². The molecule has 37 heavy (non-hydrogen) atoms. The van der Waals surface area contributed by atoms with Crippen LogP contribution in [0.25, 0.3) is 22.0 Å². The van der Waals surface area contributed by atoms with Crippen molar-refractivity contribution in [1.82, 2.24) is 29.8 Å². The van der Waals surface area contributed by atoms with E-state index in [-0.39, 0.29) is 6.09 Å². The molecule has 2 fully saturated rings. The van der Waals surface area contributed by atoms with Gasteiger partial charge in [-0.2, -0.15) is 0 Å². The molecule has 2 aliphatic heterocycles. The summed E-state index contributed by atoms with van der Waals surface area (Å²) in [6.07, 6.45) is 3.46. The monoisotopic (exact) mass is 504 g/mol. The lowest BCUT2D eigenvalue weighted by Gasteiger charge is -2.36. The Morgan fingerprint density at radius 1 is 0.919 bits per heavy atom. The maximum atomic E-state index is 12.4. The van der Waals surface area contributed by atoms with Gasteiger partial charge in [-0.3, -0.25) is 5.43 Å². The second-order valence-corrected chi connectivity index (χ2v) is 10.7. The first kappa shape index (κ1) is 25.2. The van der Waals surface area contributed by atoms with Crippen molar-refractivity contribution in [1.29, 1.82) is 0 Å². The number of fused-ring (bicyclic) bond motifs is 1.